The van der Waals surface area contributed by atoms with E-state index in [1.807, 2.05) is 38.1 Å². The molecule has 0 saturated carbocycles. The van der Waals surface area contributed by atoms with E-state index in [1.54, 1.807) is 11.0 Å². The molecule has 0 aliphatic carbocycles. The highest BCUT2D eigenvalue weighted by Crippen LogP contribution is 2.31. The third kappa shape index (κ3) is 5.50. The second kappa shape index (κ2) is 9.93. The predicted octanol–water partition coefficient (Wildman–Crippen LogP) is 4.10. The number of methoxy groups -OCH3 is 1. The summed E-state index contributed by atoms with van der Waals surface area (Å²) < 4.78 is 11.0. The van der Waals surface area contributed by atoms with Gasteiger partial charge < -0.3 is 19.3 Å². The molecule has 0 N–H and O–H groups in total. The quantitative estimate of drug-likeness (QED) is 0.478. The first-order valence-corrected chi connectivity index (χ1v) is 10.7. The molecule has 1 amide bonds. The molecule has 7 nitrogen and oxygen atoms in total. The lowest BCUT2D eigenvalue weighted by atomic mass is 10.1. The van der Waals surface area contributed by atoms with Crippen molar-refractivity contribution in [3.63, 3.8) is 0 Å². The first kappa shape index (κ1) is 22.1. The van der Waals surface area contributed by atoms with Crippen LogP contribution in [0.2, 0.25) is 0 Å². The number of halogens is 1. The smallest absolute Gasteiger partial charge is 0.409 e. The van der Waals surface area contributed by atoms with Crippen LogP contribution in [0.4, 0.5) is 10.5 Å². The highest BCUT2D eigenvalue weighted by atomic mass is 79.9. The van der Waals surface area contributed by atoms with Gasteiger partial charge in [-0.05, 0) is 30.2 Å². The van der Waals surface area contributed by atoms with Crippen molar-refractivity contribution in [2.75, 3.05) is 44.8 Å². The van der Waals surface area contributed by atoms with Crippen molar-refractivity contribution in [1.29, 1.82) is 0 Å². The van der Waals surface area contributed by atoms with Gasteiger partial charge in [0.1, 0.15) is 0 Å². The van der Waals surface area contributed by atoms with E-state index < -0.39 is 5.97 Å². The average molecular weight is 476 g/mol. The Bertz CT molecular complexity index is 953. The minimum atomic E-state index is -0.423. The van der Waals surface area contributed by atoms with E-state index in [2.05, 4.69) is 25.6 Å². The molecule has 0 atom stereocenters. The van der Waals surface area contributed by atoms with Crippen LogP contribution in [0.3, 0.4) is 0 Å². The second-order valence-electron chi connectivity index (χ2n) is 7.53. The Morgan fingerprint density at radius 1 is 1.20 bits per heavy atom. The first-order chi connectivity index (χ1) is 14.4. The predicted molar refractivity (Wildman–Crippen MR) is 120 cm³/mol. The number of rotatable bonds is 5. The molecule has 30 heavy (non-hydrogen) atoms. The maximum Gasteiger partial charge on any atom is 0.409 e. The highest BCUT2D eigenvalue weighted by Gasteiger charge is 2.24. The zero-order valence-electron chi connectivity index (χ0n) is 17.4. The maximum atomic E-state index is 12.2. The molecule has 0 radical (unpaired) electrons. The summed E-state index contributed by atoms with van der Waals surface area (Å²) in [6, 6.07) is 7.89. The zero-order chi connectivity index (χ0) is 21.7. The third-order valence-electron chi connectivity index (χ3n) is 4.77. The van der Waals surface area contributed by atoms with E-state index >= 15 is 0 Å². The van der Waals surface area contributed by atoms with Crippen LogP contribution in [0.5, 0.6) is 0 Å². The van der Waals surface area contributed by atoms with Crippen LogP contribution in [0, 0.1) is 5.92 Å². The number of hydrogen-bond donors (Lipinski definition) is 0. The van der Waals surface area contributed by atoms with Crippen molar-refractivity contribution in [1.82, 2.24) is 9.88 Å². The van der Waals surface area contributed by atoms with E-state index in [-0.39, 0.29) is 6.09 Å². The standard InChI is InChI=1S/C22H26BrN3O4/c1-15(2)14-30-22(28)26-10-8-25(9-11-26)19-13-17(23)12-16-4-5-18(24-21(16)19)6-7-20(27)29-3/h4-7,12-13,15H,8-11,14H2,1-3H3/b7-6+. The van der Waals surface area contributed by atoms with E-state index in [0.717, 1.165) is 21.1 Å². The van der Waals surface area contributed by atoms with Gasteiger partial charge in [0, 0.05) is 42.1 Å². The normalized spacial score (nSPS) is 14.6. The molecular weight excluding hydrogens is 450 g/mol. The van der Waals surface area contributed by atoms with E-state index in [0.29, 0.717) is 44.4 Å². The fourth-order valence-electron chi connectivity index (χ4n) is 3.21. The summed E-state index contributed by atoms with van der Waals surface area (Å²) in [6.45, 7) is 7.02. The average Bonchev–Trinajstić information content (AvgIpc) is 2.75. The fraction of sp³-hybridized carbons (Fsp3) is 0.409. The number of benzene rings is 1. The van der Waals surface area contributed by atoms with Crippen molar-refractivity contribution in [2.45, 2.75) is 13.8 Å². The van der Waals surface area contributed by atoms with Gasteiger partial charge in [0.2, 0.25) is 0 Å². The topological polar surface area (TPSA) is 72.0 Å². The lowest BCUT2D eigenvalue weighted by Gasteiger charge is -2.36. The van der Waals surface area contributed by atoms with Crippen LogP contribution < -0.4 is 4.90 Å². The van der Waals surface area contributed by atoms with Crippen LogP contribution in [-0.4, -0.2) is 61.8 Å². The van der Waals surface area contributed by atoms with Gasteiger partial charge in [0.05, 0.1) is 30.6 Å². The van der Waals surface area contributed by atoms with Crippen LogP contribution in [0.1, 0.15) is 19.5 Å². The van der Waals surface area contributed by atoms with Crippen LogP contribution in [0.15, 0.2) is 34.8 Å². The Hall–Kier alpha value is -2.61. The number of pyridine rings is 1. The molecule has 0 bridgehead atoms. The number of piperazine rings is 1. The number of hydrogen-bond acceptors (Lipinski definition) is 6. The molecule has 1 aromatic heterocycles. The summed E-state index contributed by atoms with van der Waals surface area (Å²) in [5.74, 6) is -0.106. The molecule has 1 aliphatic heterocycles. The summed E-state index contributed by atoms with van der Waals surface area (Å²) in [4.78, 5) is 32.3. The molecule has 1 fully saturated rings. The Balaban J connectivity index is 1.79. The van der Waals surface area contributed by atoms with Gasteiger partial charge in [0.15, 0.2) is 0 Å². The number of anilines is 1. The monoisotopic (exact) mass is 475 g/mol. The molecule has 1 saturated heterocycles. The molecule has 0 unspecified atom stereocenters. The minimum Gasteiger partial charge on any atom is -0.466 e. The van der Waals surface area contributed by atoms with Gasteiger partial charge >= 0.3 is 12.1 Å². The van der Waals surface area contributed by atoms with E-state index in [4.69, 9.17) is 9.72 Å². The van der Waals surface area contributed by atoms with Crippen molar-refractivity contribution in [2.24, 2.45) is 5.92 Å². The number of aromatic nitrogens is 1. The number of amides is 1. The fourth-order valence-corrected chi connectivity index (χ4v) is 3.67. The number of esters is 1. The van der Waals surface area contributed by atoms with Gasteiger partial charge in [-0.2, -0.15) is 0 Å². The van der Waals surface area contributed by atoms with Crippen LogP contribution >= 0.6 is 15.9 Å². The Morgan fingerprint density at radius 2 is 1.93 bits per heavy atom. The molecule has 0 spiro atoms. The molecule has 2 heterocycles. The Morgan fingerprint density at radius 3 is 2.60 bits per heavy atom. The number of ether oxygens (including phenoxy) is 2. The summed E-state index contributed by atoms with van der Waals surface area (Å²) >= 11 is 3.58. The van der Waals surface area contributed by atoms with E-state index in [1.165, 1.54) is 13.2 Å². The van der Waals surface area contributed by atoms with Crippen molar-refractivity contribution in [3.8, 4) is 0 Å². The lowest BCUT2D eigenvalue weighted by Crippen LogP contribution is -2.49. The molecular formula is C22H26BrN3O4. The first-order valence-electron chi connectivity index (χ1n) is 9.90. The van der Waals surface area contributed by atoms with Gasteiger partial charge in [-0.25, -0.2) is 14.6 Å². The van der Waals surface area contributed by atoms with Gasteiger partial charge in [-0.1, -0.05) is 35.8 Å². The summed E-state index contributed by atoms with van der Waals surface area (Å²) in [7, 11) is 1.34. The molecule has 1 aromatic carbocycles. The summed E-state index contributed by atoms with van der Waals surface area (Å²) in [6.07, 6.45) is 2.74. The summed E-state index contributed by atoms with van der Waals surface area (Å²) in [5, 5.41) is 0.994. The lowest BCUT2D eigenvalue weighted by molar-refractivity contribution is -0.134. The van der Waals surface area contributed by atoms with E-state index in [9.17, 15) is 9.59 Å². The van der Waals surface area contributed by atoms with Gasteiger partial charge in [0.25, 0.3) is 0 Å². The minimum absolute atomic E-state index is 0.254. The Kier molecular flexibility index (Phi) is 7.31. The molecule has 8 heteroatoms. The highest BCUT2D eigenvalue weighted by molar-refractivity contribution is 9.10. The maximum absolute atomic E-state index is 12.2. The third-order valence-corrected chi connectivity index (χ3v) is 5.23. The van der Waals surface area contributed by atoms with Gasteiger partial charge in [-0.3, -0.25) is 0 Å². The van der Waals surface area contributed by atoms with Crippen LogP contribution in [-0.2, 0) is 14.3 Å². The van der Waals surface area contributed by atoms with Crippen LogP contribution in [0.25, 0.3) is 17.0 Å². The second-order valence-corrected chi connectivity index (χ2v) is 8.45. The number of carbonyl (C=O) groups is 2. The van der Waals surface area contributed by atoms with Crippen molar-refractivity contribution in [3.05, 3.63) is 40.5 Å². The largest absolute Gasteiger partial charge is 0.466 e. The molecule has 1 aliphatic rings. The van der Waals surface area contributed by atoms with Gasteiger partial charge in [-0.15, -0.1) is 0 Å². The van der Waals surface area contributed by atoms with Crippen molar-refractivity contribution >= 4 is 50.7 Å². The summed E-state index contributed by atoms with van der Waals surface area (Å²) in [5.41, 5.74) is 2.51. The Labute approximate surface area is 184 Å². The number of nitrogens with zero attached hydrogens (tertiary/aromatic N) is 3. The number of carbonyl (C=O) groups excluding carboxylic acids is 2. The number of fused-ring (bicyclic) bond motifs is 1. The van der Waals surface area contributed by atoms with Crippen molar-refractivity contribution < 1.29 is 19.1 Å². The SMILES string of the molecule is COC(=O)/C=C/c1ccc2cc(Br)cc(N3CCN(C(=O)OCC(C)C)CC3)c2n1. The zero-order valence-corrected chi connectivity index (χ0v) is 19.0. The molecule has 3 rings (SSSR count). The molecule has 2 aromatic rings. The molecule has 160 valence electrons.